The third-order valence-corrected chi connectivity index (χ3v) is 31.1. The summed E-state index contributed by atoms with van der Waals surface area (Å²) >= 11 is 11.2. The second-order valence-corrected chi connectivity index (χ2v) is 42.5. The van der Waals surface area contributed by atoms with Gasteiger partial charge >= 0.3 is 29.8 Å². The summed E-state index contributed by atoms with van der Waals surface area (Å²) in [5.41, 5.74) is 8.57. The van der Waals surface area contributed by atoms with Crippen molar-refractivity contribution < 1.29 is 86.8 Å². The summed E-state index contributed by atoms with van der Waals surface area (Å²) in [4.78, 5) is 110. The van der Waals surface area contributed by atoms with Crippen molar-refractivity contribution in [2.45, 2.75) is 285 Å². The number of ether oxygens (including phenoxy) is 7. The molecular formula is C100H148N8O18S2. The molecule has 16 bridgehead atoms. The lowest BCUT2D eigenvalue weighted by atomic mass is 9.49. The van der Waals surface area contributed by atoms with Crippen molar-refractivity contribution in [3.05, 3.63) is 70.4 Å². The minimum absolute atomic E-state index is 0.00653. The first-order valence-electron chi connectivity index (χ1n) is 48.2. The lowest BCUT2D eigenvalue weighted by molar-refractivity contribution is -0.154. The zero-order chi connectivity index (χ0) is 92.1. The predicted octanol–water partition coefficient (Wildman–Crippen LogP) is 17.2. The quantitative estimate of drug-likeness (QED) is 0.0137. The van der Waals surface area contributed by atoms with Crippen LogP contribution in [0, 0.1) is 120 Å². The maximum Gasteiger partial charge on any atom is 0.306 e. The van der Waals surface area contributed by atoms with Crippen molar-refractivity contribution in [3.63, 3.8) is 0 Å². The SMILES string of the molecule is CCCOCCO.CCCOCCOC(=O)CC12CC3CC(CC(C3)C1)C2.NCCOCCOC(=O)CC12CC3CC(CC(C3)C1)C2.O=C(O)CC12CC3CC(CC(C3)C1)C2.[C-]#[N+]c1ccc(N2C(=O)C(C)(C)N(CCCC(=O)NCCOCCOC(=O)CC34CC5CC(CC(C5)C3)C4)C2=S)cc1C.[C-]#[N+]c1ccc(N2C(=O)C(C)(C)N(CCCC(=O)O)C2=S)cc1C. The number of hydrogen-bond acceptors (Lipinski definition) is 19. The van der Waals surface area contributed by atoms with Crippen LogP contribution in [0.4, 0.5) is 22.7 Å². The molecule has 28 heteroatoms. The van der Waals surface area contributed by atoms with E-state index in [-0.39, 0.29) is 71.5 Å². The van der Waals surface area contributed by atoms with Crippen LogP contribution in [0.5, 0.6) is 0 Å². The fourth-order valence-electron chi connectivity index (χ4n) is 26.7. The first-order chi connectivity index (χ1) is 61.1. The van der Waals surface area contributed by atoms with Gasteiger partial charge in [0, 0.05) is 63.6 Å². The number of nitrogens with one attached hydrogen (secondary N) is 1. The molecule has 3 amide bonds. The van der Waals surface area contributed by atoms with Gasteiger partial charge in [0.2, 0.25) is 5.91 Å². The van der Waals surface area contributed by atoms with E-state index in [0.717, 1.165) is 108 Å². The molecule has 6 N–H and O–H groups in total. The van der Waals surface area contributed by atoms with Crippen molar-refractivity contribution in [1.29, 1.82) is 0 Å². The molecule has 2 saturated heterocycles. The number of aryl methyl sites for hydroxylation is 2. The van der Waals surface area contributed by atoms with Crippen LogP contribution < -0.4 is 20.9 Å². The molecule has 708 valence electrons. The molecule has 2 aromatic rings. The van der Waals surface area contributed by atoms with E-state index >= 15 is 0 Å². The van der Waals surface area contributed by atoms with Crippen LogP contribution in [0.1, 0.15) is 271 Å². The van der Waals surface area contributed by atoms with E-state index < -0.39 is 23.0 Å². The number of carboxylic acid groups (broad SMARTS) is 2. The minimum Gasteiger partial charge on any atom is -0.481 e. The van der Waals surface area contributed by atoms with Crippen molar-refractivity contribution in [2.24, 2.45) is 98.4 Å². The Bertz CT molecular complexity index is 4040. The standard InChI is InChI=1S/C33H44N4O5S.C17H19N3O3S.C17H28O3.C16H27NO3.C12H18O2.C5H12O2/c1-22-14-26(7-8-27(22)34-4)37-30(40)32(2,3)36(31(37)43)10-5-6-28(38)35-9-11-41-12-13-42-29(39)21-33-18-23-15-24(19-33)17-25(16-23)20-33;1-11-10-12(7-8-13(11)18-4)20-15(23)17(2,3)19(16(20)24)9-5-6-14(21)22;1-2-3-19-4-5-20-16(18)12-17-9-13-6-14(10-17)8-15(7-13)11-17;17-1-2-19-3-4-20-15(18)11-16-8-12-5-13(9-16)7-14(6-12)10-16;13-11(14)7-12-4-8-1-9(5-12)3-10(2-8)6-12;1-2-4-7-5-3-6/h7-8,14,23-25H,5-6,9-13,15-21H2,1-3H3,(H,35,38);7-8,10H,5-6,9H2,1-3H3,(H,21,22);13-15H,2-12H2,1H3;12-14H,1-11,17H2;8-10H,1-7H2,(H,13,14);6H,2-5H2,1H3. The number of hydrogen-bond donors (Lipinski definition) is 5. The molecule has 0 radical (unpaired) electrons. The molecule has 20 rings (SSSR count). The van der Waals surface area contributed by atoms with Gasteiger partial charge in [0.1, 0.15) is 30.9 Å². The van der Waals surface area contributed by atoms with Gasteiger partial charge < -0.3 is 69.3 Å². The topological polar surface area (TPSA) is 322 Å². The van der Waals surface area contributed by atoms with Crippen molar-refractivity contribution in [3.8, 4) is 0 Å². The summed E-state index contributed by atoms with van der Waals surface area (Å²) in [7, 11) is 0. The summed E-state index contributed by atoms with van der Waals surface area (Å²) in [6, 6.07) is 10.4. The molecule has 18 aliphatic rings. The van der Waals surface area contributed by atoms with E-state index in [9.17, 15) is 38.4 Å². The molecule has 2 heterocycles. The van der Waals surface area contributed by atoms with Crippen LogP contribution in [0.2, 0.25) is 0 Å². The Morgan fingerprint density at radius 3 is 1.04 bits per heavy atom. The second-order valence-electron chi connectivity index (χ2n) is 41.8. The molecule has 2 aliphatic heterocycles. The second kappa shape index (κ2) is 46.4. The molecule has 2 aromatic carbocycles. The third kappa shape index (κ3) is 27.0. The lowest BCUT2D eigenvalue weighted by Crippen LogP contribution is -2.47. The minimum atomic E-state index is -0.869. The highest BCUT2D eigenvalue weighted by Gasteiger charge is 2.57. The maximum absolute atomic E-state index is 13.3. The number of aliphatic hydroxyl groups excluding tert-OH is 1. The number of esters is 3. The number of aliphatic hydroxyl groups is 1. The summed E-state index contributed by atoms with van der Waals surface area (Å²) in [6.07, 6.45) is 37.3. The molecule has 128 heavy (non-hydrogen) atoms. The van der Waals surface area contributed by atoms with Gasteiger partial charge in [-0.2, -0.15) is 0 Å². The first kappa shape index (κ1) is 101. The smallest absolute Gasteiger partial charge is 0.306 e. The number of carbonyl (C=O) groups excluding carboxylic acids is 6. The molecule has 16 aliphatic carbocycles. The molecule has 0 spiro atoms. The third-order valence-electron chi connectivity index (χ3n) is 30.3. The Morgan fingerprint density at radius 2 is 0.750 bits per heavy atom. The van der Waals surface area contributed by atoms with Crippen LogP contribution in [0.3, 0.4) is 0 Å². The van der Waals surface area contributed by atoms with Gasteiger partial charge in [-0.15, -0.1) is 0 Å². The normalized spacial score (nSPS) is 30.0. The van der Waals surface area contributed by atoms with Crippen LogP contribution in [-0.4, -0.2) is 199 Å². The molecule has 0 aromatic heterocycles. The summed E-state index contributed by atoms with van der Waals surface area (Å²) in [5, 5.41) is 29.6. The zero-order valence-corrected chi connectivity index (χ0v) is 79.4. The van der Waals surface area contributed by atoms with Gasteiger partial charge in [-0.25, -0.2) is 9.69 Å². The van der Waals surface area contributed by atoms with E-state index in [0.29, 0.717) is 162 Å². The molecule has 18 fully saturated rings. The number of aliphatic carboxylic acids is 2. The number of rotatable bonds is 38. The Hall–Kier alpha value is -7.28. The highest BCUT2D eigenvalue weighted by atomic mass is 32.1. The van der Waals surface area contributed by atoms with Gasteiger partial charge in [-0.3, -0.25) is 48.2 Å². The van der Waals surface area contributed by atoms with E-state index in [1.54, 1.807) is 55.1 Å². The van der Waals surface area contributed by atoms with Crippen LogP contribution >= 0.6 is 24.4 Å². The lowest BCUT2D eigenvalue weighted by Gasteiger charge is -2.56. The van der Waals surface area contributed by atoms with Gasteiger partial charge in [-0.1, -0.05) is 26.0 Å². The fourth-order valence-corrected chi connectivity index (χ4v) is 27.7. The van der Waals surface area contributed by atoms with Gasteiger partial charge in [0.25, 0.3) is 11.8 Å². The zero-order valence-electron chi connectivity index (χ0n) is 77.8. The van der Waals surface area contributed by atoms with Crippen molar-refractivity contribution in [2.75, 3.05) is 115 Å². The van der Waals surface area contributed by atoms with E-state index in [4.69, 9.17) is 91.8 Å². The van der Waals surface area contributed by atoms with Crippen LogP contribution in [0.25, 0.3) is 9.69 Å². The average molecular weight is 1810 g/mol. The Morgan fingerprint density at radius 1 is 0.445 bits per heavy atom. The van der Waals surface area contributed by atoms with Gasteiger partial charge in [-0.05, 0) is 374 Å². The number of nitrogens with zero attached hydrogens (tertiary/aromatic N) is 6. The number of amides is 3. The number of thiocarbonyl (C=S) groups is 2. The van der Waals surface area contributed by atoms with Crippen molar-refractivity contribution in [1.82, 2.24) is 15.1 Å². The summed E-state index contributed by atoms with van der Waals surface area (Å²) in [6.45, 7) is 36.5. The van der Waals surface area contributed by atoms with Gasteiger partial charge in [0.15, 0.2) is 21.6 Å². The average Bonchev–Trinajstić information content (AvgIpc) is 1.69. The monoisotopic (exact) mass is 1810 g/mol. The number of carbonyl (C=O) groups is 8. The summed E-state index contributed by atoms with van der Waals surface area (Å²) < 4.78 is 37.2. The maximum atomic E-state index is 13.3. The largest absolute Gasteiger partial charge is 0.481 e. The van der Waals surface area contributed by atoms with Crippen LogP contribution in [0.15, 0.2) is 36.4 Å². The predicted molar refractivity (Wildman–Crippen MR) is 497 cm³/mol. The number of benzene rings is 2. The molecule has 26 nitrogen and oxygen atoms in total. The highest BCUT2D eigenvalue weighted by molar-refractivity contribution is 7.80. The number of anilines is 2. The molecule has 16 saturated carbocycles. The van der Waals surface area contributed by atoms with Crippen molar-refractivity contribution >= 4 is 105 Å². The number of nitrogens with two attached hydrogens (primary N) is 1. The summed E-state index contributed by atoms with van der Waals surface area (Å²) in [5.74, 6) is 8.53. The Kier molecular flexibility index (Phi) is 36.7. The van der Waals surface area contributed by atoms with Gasteiger partial charge in [0.05, 0.1) is 85.1 Å². The van der Waals surface area contributed by atoms with Crippen LogP contribution in [-0.2, 0) is 71.5 Å². The van der Waals surface area contributed by atoms with E-state index in [1.807, 2.05) is 39.5 Å². The van der Waals surface area contributed by atoms with E-state index in [2.05, 4.69) is 21.9 Å². The Labute approximate surface area is 771 Å². The molecule has 0 unspecified atom stereocenters. The van der Waals surface area contributed by atoms with E-state index in [1.165, 1.54) is 164 Å². The fraction of sp³-hybridized carbons (Fsp3) is 0.760. The Balaban J connectivity index is 0.000000160. The molecule has 0 atom stereocenters. The highest BCUT2D eigenvalue weighted by Crippen LogP contribution is 2.65. The number of carboxylic acids is 2. The first-order valence-corrected chi connectivity index (χ1v) is 49.0. The molecular weight excluding hydrogens is 1670 g/mol.